The third-order valence-electron chi connectivity index (χ3n) is 6.32. The summed E-state index contributed by atoms with van der Waals surface area (Å²) in [5, 5.41) is 3.27. The molecule has 4 aromatic heterocycles. The maximum absolute atomic E-state index is 13.4. The van der Waals surface area contributed by atoms with Crippen LogP contribution in [0.2, 0.25) is 5.02 Å². The second-order valence-corrected chi connectivity index (χ2v) is 9.07. The van der Waals surface area contributed by atoms with Crippen LogP contribution in [0.15, 0.2) is 61.2 Å². The first-order valence-electron chi connectivity index (χ1n) is 11.0. The van der Waals surface area contributed by atoms with Gasteiger partial charge in [0.2, 0.25) is 5.91 Å². The van der Waals surface area contributed by atoms with Crippen molar-refractivity contribution in [3.63, 3.8) is 0 Å². The van der Waals surface area contributed by atoms with Crippen LogP contribution in [0.25, 0.3) is 17.2 Å². The predicted octanol–water partition coefficient (Wildman–Crippen LogP) is 3.80. The Morgan fingerprint density at radius 1 is 1.11 bits per heavy atom. The van der Waals surface area contributed by atoms with Crippen LogP contribution in [-0.4, -0.2) is 35.2 Å². The number of hydrogen-bond donors (Lipinski definition) is 2. The zero-order valence-electron chi connectivity index (χ0n) is 18.9. The van der Waals surface area contributed by atoms with E-state index < -0.39 is 5.41 Å². The van der Waals surface area contributed by atoms with Gasteiger partial charge in [0.1, 0.15) is 28.6 Å². The van der Waals surface area contributed by atoms with Gasteiger partial charge in [0.05, 0.1) is 22.0 Å². The highest BCUT2D eigenvalue weighted by Gasteiger charge is 2.48. The van der Waals surface area contributed by atoms with E-state index in [-0.39, 0.29) is 23.4 Å². The molecule has 6 rings (SSSR count). The molecule has 1 aliphatic heterocycles. The minimum atomic E-state index is -1.18. The standard InChI is InChI=1S/C25H18ClFN8O/c1-25(18-7-4-14(26)11-30-18)19-20(28)32-21(33-22(19)34-24(25)36)17-12-35-9-8-29-23(35)16(31-17)10-13-2-5-15(27)6-3-13/h2-9,11-12H,10H2,1H3,(H3,28,32,33,34,36). The molecule has 0 radical (unpaired) electrons. The molecule has 0 saturated heterocycles. The number of anilines is 2. The van der Waals surface area contributed by atoms with Gasteiger partial charge in [0, 0.05) is 31.2 Å². The average molecular weight is 501 g/mol. The van der Waals surface area contributed by atoms with Gasteiger partial charge >= 0.3 is 0 Å². The fourth-order valence-electron chi connectivity index (χ4n) is 4.46. The molecule has 0 bridgehead atoms. The highest BCUT2D eigenvalue weighted by atomic mass is 35.5. The molecular weight excluding hydrogens is 483 g/mol. The summed E-state index contributed by atoms with van der Waals surface area (Å²) in [7, 11) is 0. The normalized spacial score (nSPS) is 16.8. The third-order valence-corrected chi connectivity index (χ3v) is 6.54. The van der Waals surface area contributed by atoms with Gasteiger partial charge in [0.25, 0.3) is 0 Å². The highest BCUT2D eigenvalue weighted by molar-refractivity contribution is 6.30. The quantitative estimate of drug-likeness (QED) is 0.384. The molecule has 0 aliphatic carbocycles. The van der Waals surface area contributed by atoms with Gasteiger partial charge in [-0.2, -0.15) is 0 Å². The number of fused-ring (bicyclic) bond motifs is 2. The number of carbonyl (C=O) groups excluding carboxylic acids is 1. The van der Waals surface area contributed by atoms with E-state index in [0.29, 0.717) is 45.6 Å². The molecule has 5 aromatic rings. The number of rotatable bonds is 4. The predicted molar refractivity (Wildman–Crippen MR) is 132 cm³/mol. The number of nitrogens with one attached hydrogen (secondary N) is 1. The molecule has 0 fully saturated rings. The summed E-state index contributed by atoms with van der Waals surface area (Å²) in [4.78, 5) is 35.7. The van der Waals surface area contributed by atoms with Crippen LogP contribution in [0.3, 0.4) is 0 Å². The summed E-state index contributed by atoms with van der Waals surface area (Å²) in [5.74, 6) is 0.0576. The zero-order valence-corrected chi connectivity index (χ0v) is 19.7. The Labute approximate surface area is 209 Å². The summed E-state index contributed by atoms with van der Waals surface area (Å²) in [6, 6.07) is 9.56. The minimum absolute atomic E-state index is 0.139. The number of imidazole rings is 1. The maximum Gasteiger partial charge on any atom is 0.242 e. The van der Waals surface area contributed by atoms with Crippen molar-refractivity contribution in [3.05, 3.63) is 94.5 Å². The van der Waals surface area contributed by atoms with Crippen LogP contribution < -0.4 is 11.1 Å². The number of carbonyl (C=O) groups is 1. The monoisotopic (exact) mass is 500 g/mol. The highest BCUT2D eigenvalue weighted by Crippen LogP contribution is 2.44. The van der Waals surface area contributed by atoms with E-state index in [1.807, 2.05) is 4.40 Å². The number of amides is 1. The van der Waals surface area contributed by atoms with Crippen molar-refractivity contribution >= 4 is 34.8 Å². The van der Waals surface area contributed by atoms with Crippen molar-refractivity contribution < 1.29 is 9.18 Å². The van der Waals surface area contributed by atoms with E-state index >= 15 is 0 Å². The maximum atomic E-state index is 13.4. The molecule has 1 aromatic carbocycles. The largest absolute Gasteiger partial charge is 0.383 e. The lowest BCUT2D eigenvalue weighted by atomic mass is 9.81. The van der Waals surface area contributed by atoms with E-state index in [9.17, 15) is 9.18 Å². The lowest BCUT2D eigenvalue weighted by Gasteiger charge is -2.22. The van der Waals surface area contributed by atoms with Crippen molar-refractivity contribution in [1.29, 1.82) is 0 Å². The number of nitrogen functional groups attached to an aromatic ring is 1. The summed E-state index contributed by atoms with van der Waals surface area (Å²) in [6.07, 6.45) is 7.10. The molecule has 178 valence electrons. The van der Waals surface area contributed by atoms with Crippen molar-refractivity contribution in [2.45, 2.75) is 18.8 Å². The van der Waals surface area contributed by atoms with E-state index in [0.717, 1.165) is 5.56 Å². The number of pyridine rings is 1. The number of halogens is 2. The third kappa shape index (κ3) is 3.45. The molecule has 1 aliphatic rings. The SMILES string of the molecule is CC1(c2ccc(Cl)cn2)C(=O)Nc2nc(-c3cn4ccnc4c(Cc4ccc(F)cc4)n3)nc(N)c21. The van der Waals surface area contributed by atoms with Crippen molar-refractivity contribution in [2.24, 2.45) is 0 Å². The Bertz CT molecular complexity index is 1650. The number of nitrogens with zero attached hydrogens (tertiary/aromatic N) is 6. The smallest absolute Gasteiger partial charge is 0.242 e. The Balaban J connectivity index is 1.45. The first-order valence-corrected chi connectivity index (χ1v) is 11.4. The molecule has 9 nitrogen and oxygen atoms in total. The van der Waals surface area contributed by atoms with Gasteiger partial charge in [0.15, 0.2) is 11.5 Å². The summed E-state index contributed by atoms with van der Waals surface area (Å²) in [5.41, 5.74) is 8.78. The second-order valence-electron chi connectivity index (χ2n) is 8.63. The molecule has 1 atom stereocenters. The molecule has 1 amide bonds. The van der Waals surface area contributed by atoms with Gasteiger partial charge in [-0.05, 0) is 36.8 Å². The van der Waals surface area contributed by atoms with Crippen molar-refractivity contribution in [2.75, 3.05) is 11.1 Å². The van der Waals surface area contributed by atoms with E-state index in [2.05, 4.69) is 25.3 Å². The minimum Gasteiger partial charge on any atom is -0.383 e. The van der Waals surface area contributed by atoms with Crippen molar-refractivity contribution in [1.82, 2.24) is 29.3 Å². The number of nitrogens with two attached hydrogens (primary N) is 1. The molecule has 0 saturated carbocycles. The molecule has 1 unspecified atom stereocenters. The second kappa shape index (κ2) is 8.06. The van der Waals surface area contributed by atoms with E-state index in [4.69, 9.17) is 22.3 Å². The molecular formula is C25H18ClFN8O. The summed E-state index contributed by atoms with van der Waals surface area (Å²) < 4.78 is 15.2. The number of benzene rings is 1. The van der Waals surface area contributed by atoms with Crippen molar-refractivity contribution in [3.8, 4) is 11.5 Å². The first-order chi connectivity index (χ1) is 17.3. The lowest BCUT2D eigenvalue weighted by molar-refractivity contribution is -0.119. The number of aromatic nitrogens is 6. The summed E-state index contributed by atoms with van der Waals surface area (Å²) in [6.45, 7) is 1.72. The molecule has 5 heterocycles. The Hall–Kier alpha value is -4.44. The fourth-order valence-corrected chi connectivity index (χ4v) is 4.57. The Morgan fingerprint density at radius 2 is 1.92 bits per heavy atom. The Morgan fingerprint density at radius 3 is 2.67 bits per heavy atom. The Kier molecular flexibility index (Phi) is 4.94. The van der Waals surface area contributed by atoms with Crippen LogP contribution in [0.1, 0.15) is 29.4 Å². The van der Waals surface area contributed by atoms with E-state index in [1.165, 1.54) is 18.3 Å². The van der Waals surface area contributed by atoms with Gasteiger partial charge < -0.3 is 15.5 Å². The van der Waals surface area contributed by atoms with Gasteiger partial charge in [-0.15, -0.1) is 0 Å². The van der Waals surface area contributed by atoms with Gasteiger partial charge in [-0.25, -0.2) is 24.3 Å². The molecule has 11 heteroatoms. The zero-order chi connectivity index (χ0) is 25.0. The van der Waals surface area contributed by atoms with Crippen LogP contribution in [0.4, 0.5) is 16.0 Å². The molecule has 0 spiro atoms. The van der Waals surface area contributed by atoms with E-state index in [1.54, 1.807) is 49.8 Å². The molecule has 3 N–H and O–H groups in total. The number of hydrogen-bond acceptors (Lipinski definition) is 7. The first kappa shape index (κ1) is 22.1. The average Bonchev–Trinajstić information content (AvgIpc) is 3.44. The lowest BCUT2D eigenvalue weighted by Crippen LogP contribution is -2.33. The van der Waals surface area contributed by atoms with Crippen LogP contribution >= 0.6 is 11.6 Å². The van der Waals surface area contributed by atoms with Gasteiger partial charge in [-0.1, -0.05) is 23.7 Å². The van der Waals surface area contributed by atoms with Crippen LogP contribution in [-0.2, 0) is 16.6 Å². The fraction of sp³-hybridized carbons (Fsp3) is 0.120. The van der Waals surface area contributed by atoms with Gasteiger partial charge in [-0.3, -0.25) is 9.78 Å². The van der Waals surface area contributed by atoms with Crippen LogP contribution in [0.5, 0.6) is 0 Å². The van der Waals surface area contributed by atoms with Crippen LogP contribution in [0, 0.1) is 5.82 Å². The molecule has 36 heavy (non-hydrogen) atoms. The summed E-state index contributed by atoms with van der Waals surface area (Å²) >= 11 is 5.98. The topological polar surface area (TPSA) is 124 Å².